The predicted molar refractivity (Wildman–Crippen MR) is 64.8 cm³/mol. The van der Waals surface area contributed by atoms with Gasteiger partial charge < -0.3 is 15.1 Å². The summed E-state index contributed by atoms with van der Waals surface area (Å²) in [6, 6.07) is 3.50. The number of hydrogen-bond acceptors (Lipinski definition) is 4. The van der Waals surface area contributed by atoms with E-state index in [1.165, 1.54) is 0 Å². The van der Waals surface area contributed by atoms with Gasteiger partial charge in [-0.3, -0.25) is 0 Å². The Morgan fingerprint density at radius 3 is 2.78 bits per heavy atom. The molecule has 0 bridgehead atoms. The van der Waals surface area contributed by atoms with Crippen LogP contribution >= 0.6 is 0 Å². The van der Waals surface area contributed by atoms with Crippen LogP contribution in [0.4, 0.5) is 20.4 Å². The van der Waals surface area contributed by atoms with Crippen molar-refractivity contribution >= 4 is 22.6 Å². The molecular formula is C12H13F2N3O. The molecule has 1 fully saturated rings. The second-order valence-corrected chi connectivity index (χ2v) is 4.55. The molecule has 0 amide bonds. The van der Waals surface area contributed by atoms with E-state index in [1.807, 2.05) is 0 Å². The monoisotopic (exact) mass is 253 g/mol. The average Bonchev–Trinajstić information content (AvgIpc) is 2.76. The minimum absolute atomic E-state index is 0.161. The number of rotatable bonds is 1. The molecule has 1 saturated heterocycles. The highest BCUT2D eigenvalue weighted by Gasteiger charge is 2.35. The van der Waals surface area contributed by atoms with Crippen molar-refractivity contribution in [2.24, 2.45) is 0 Å². The summed E-state index contributed by atoms with van der Waals surface area (Å²) in [6.07, 6.45) is 1.23. The van der Waals surface area contributed by atoms with Crippen LogP contribution in [0.1, 0.15) is 12.8 Å². The first-order valence-corrected chi connectivity index (χ1v) is 5.82. The zero-order chi connectivity index (χ0) is 12.8. The number of piperidine rings is 1. The zero-order valence-electron chi connectivity index (χ0n) is 9.70. The molecule has 6 heteroatoms. The van der Waals surface area contributed by atoms with E-state index in [-0.39, 0.29) is 25.9 Å². The van der Waals surface area contributed by atoms with Crippen molar-refractivity contribution in [2.75, 3.05) is 23.7 Å². The van der Waals surface area contributed by atoms with Gasteiger partial charge in [0, 0.05) is 31.3 Å². The maximum absolute atomic E-state index is 13.1. The van der Waals surface area contributed by atoms with Crippen LogP contribution in [0.5, 0.6) is 0 Å². The van der Waals surface area contributed by atoms with Crippen molar-refractivity contribution < 1.29 is 13.2 Å². The Labute approximate surface area is 102 Å². The van der Waals surface area contributed by atoms with Crippen LogP contribution in [0, 0.1) is 0 Å². The lowest BCUT2D eigenvalue weighted by atomic mass is 10.1. The van der Waals surface area contributed by atoms with Crippen molar-refractivity contribution in [3.63, 3.8) is 0 Å². The fourth-order valence-corrected chi connectivity index (χ4v) is 2.24. The fraction of sp³-hybridized carbons (Fsp3) is 0.417. The molecule has 1 aliphatic heterocycles. The summed E-state index contributed by atoms with van der Waals surface area (Å²) < 4.78 is 31.6. The Hall–Kier alpha value is -1.85. The van der Waals surface area contributed by atoms with Crippen LogP contribution in [0.15, 0.2) is 22.8 Å². The second kappa shape index (κ2) is 3.83. The lowest BCUT2D eigenvalue weighted by Gasteiger charge is -2.32. The normalized spacial score (nSPS) is 19.3. The summed E-state index contributed by atoms with van der Waals surface area (Å²) in [5, 5.41) is 0.842. The third-order valence-corrected chi connectivity index (χ3v) is 3.23. The predicted octanol–water partition coefficient (Wildman–Crippen LogP) is 2.65. The summed E-state index contributed by atoms with van der Waals surface area (Å²) in [7, 11) is 0. The minimum atomic E-state index is -2.57. The van der Waals surface area contributed by atoms with E-state index in [9.17, 15) is 8.78 Å². The molecule has 0 aromatic carbocycles. The Kier molecular flexibility index (Phi) is 2.39. The molecule has 4 nitrogen and oxygen atoms in total. The number of furan rings is 1. The van der Waals surface area contributed by atoms with E-state index in [0.717, 1.165) is 5.39 Å². The lowest BCUT2D eigenvalue weighted by molar-refractivity contribution is -0.0221. The standard InChI is InChI=1S/C12H13F2N3O/c13-12(14)2-4-17(5-3-12)11-10-8(1-6-18-10)7-9(15)16-11/h1,6-7H,2-5H2,(H2,15,16). The molecule has 0 aliphatic carbocycles. The number of nitrogens with two attached hydrogens (primary N) is 1. The topological polar surface area (TPSA) is 55.3 Å². The molecule has 2 N–H and O–H groups in total. The van der Waals surface area contributed by atoms with Crippen molar-refractivity contribution in [3.05, 3.63) is 18.4 Å². The maximum Gasteiger partial charge on any atom is 0.251 e. The van der Waals surface area contributed by atoms with E-state index in [4.69, 9.17) is 10.2 Å². The third kappa shape index (κ3) is 1.87. The van der Waals surface area contributed by atoms with E-state index in [2.05, 4.69) is 4.98 Å². The number of nitrogen functional groups attached to an aromatic ring is 1. The van der Waals surface area contributed by atoms with Crippen LogP contribution in [0.2, 0.25) is 0 Å². The first-order valence-electron chi connectivity index (χ1n) is 5.82. The Morgan fingerprint density at radius 2 is 2.06 bits per heavy atom. The lowest BCUT2D eigenvalue weighted by Crippen LogP contribution is -2.39. The van der Waals surface area contributed by atoms with Crippen LogP contribution in [0.3, 0.4) is 0 Å². The van der Waals surface area contributed by atoms with Gasteiger partial charge in [0.25, 0.3) is 5.92 Å². The van der Waals surface area contributed by atoms with Crippen molar-refractivity contribution in [1.82, 2.24) is 4.98 Å². The SMILES string of the molecule is Nc1cc2ccoc2c(N2CCC(F)(F)CC2)n1. The molecule has 0 saturated carbocycles. The second-order valence-electron chi connectivity index (χ2n) is 4.55. The first kappa shape index (κ1) is 11.3. The highest BCUT2D eigenvalue weighted by Crippen LogP contribution is 2.33. The number of alkyl halides is 2. The number of aromatic nitrogens is 1. The van der Waals surface area contributed by atoms with Gasteiger partial charge in [0.05, 0.1) is 6.26 Å². The number of fused-ring (bicyclic) bond motifs is 1. The number of halogens is 2. The van der Waals surface area contributed by atoms with Crippen molar-refractivity contribution in [1.29, 1.82) is 0 Å². The summed E-state index contributed by atoms with van der Waals surface area (Å²) in [4.78, 5) is 6.02. The van der Waals surface area contributed by atoms with Crippen molar-refractivity contribution in [2.45, 2.75) is 18.8 Å². The first-order chi connectivity index (χ1) is 8.55. The van der Waals surface area contributed by atoms with Gasteiger partial charge in [-0.1, -0.05) is 0 Å². The third-order valence-electron chi connectivity index (χ3n) is 3.23. The summed E-state index contributed by atoms with van der Waals surface area (Å²) >= 11 is 0. The molecule has 3 heterocycles. The number of nitrogens with zero attached hydrogens (tertiary/aromatic N) is 2. The molecule has 1 aliphatic rings. The molecule has 2 aromatic heterocycles. The van der Waals surface area contributed by atoms with Gasteiger partial charge in [-0.25, -0.2) is 13.8 Å². The molecule has 0 radical (unpaired) electrons. The molecule has 96 valence electrons. The van der Waals surface area contributed by atoms with Crippen molar-refractivity contribution in [3.8, 4) is 0 Å². The summed E-state index contributed by atoms with van der Waals surface area (Å²) in [5.41, 5.74) is 6.32. The van der Waals surface area contributed by atoms with E-state index in [0.29, 0.717) is 17.2 Å². The smallest absolute Gasteiger partial charge is 0.251 e. The highest BCUT2D eigenvalue weighted by atomic mass is 19.3. The largest absolute Gasteiger partial charge is 0.460 e. The van der Waals surface area contributed by atoms with Crippen LogP contribution in [-0.2, 0) is 0 Å². The van der Waals surface area contributed by atoms with Gasteiger partial charge in [-0.15, -0.1) is 0 Å². The zero-order valence-corrected chi connectivity index (χ0v) is 9.70. The Balaban J connectivity index is 1.97. The minimum Gasteiger partial charge on any atom is -0.460 e. The average molecular weight is 253 g/mol. The van der Waals surface area contributed by atoms with Gasteiger partial charge in [-0.2, -0.15) is 0 Å². The highest BCUT2D eigenvalue weighted by molar-refractivity contribution is 5.89. The molecule has 0 unspecified atom stereocenters. The van der Waals surface area contributed by atoms with Gasteiger partial charge in [0.1, 0.15) is 5.82 Å². The summed E-state index contributed by atoms with van der Waals surface area (Å²) in [5.74, 6) is -1.64. The molecule has 0 atom stereocenters. The number of anilines is 2. The van der Waals surface area contributed by atoms with Gasteiger partial charge >= 0.3 is 0 Å². The van der Waals surface area contributed by atoms with Crippen LogP contribution in [0.25, 0.3) is 11.0 Å². The Morgan fingerprint density at radius 1 is 1.33 bits per heavy atom. The summed E-state index contributed by atoms with van der Waals surface area (Å²) in [6.45, 7) is 0.526. The van der Waals surface area contributed by atoms with E-state index < -0.39 is 5.92 Å². The number of pyridine rings is 1. The molecule has 2 aromatic rings. The van der Waals surface area contributed by atoms with Crippen LogP contribution < -0.4 is 10.6 Å². The van der Waals surface area contributed by atoms with E-state index in [1.54, 1.807) is 23.3 Å². The molecule has 3 rings (SSSR count). The van der Waals surface area contributed by atoms with Gasteiger partial charge in [0.15, 0.2) is 11.4 Å². The molecule has 0 spiro atoms. The maximum atomic E-state index is 13.1. The number of hydrogen-bond donors (Lipinski definition) is 1. The molecular weight excluding hydrogens is 240 g/mol. The van der Waals surface area contributed by atoms with Gasteiger partial charge in [0.2, 0.25) is 0 Å². The molecule has 18 heavy (non-hydrogen) atoms. The van der Waals surface area contributed by atoms with Gasteiger partial charge in [-0.05, 0) is 12.1 Å². The quantitative estimate of drug-likeness (QED) is 0.848. The van der Waals surface area contributed by atoms with Crippen LogP contribution in [-0.4, -0.2) is 24.0 Å². The van der Waals surface area contributed by atoms with E-state index >= 15 is 0 Å². The Bertz CT molecular complexity index is 572. The fourth-order valence-electron chi connectivity index (χ4n) is 2.24.